The van der Waals surface area contributed by atoms with E-state index in [2.05, 4.69) is 13.8 Å². The molecule has 0 unspecified atom stereocenters. The Kier molecular flexibility index (Phi) is 8.70. The van der Waals surface area contributed by atoms with E-state index in [0.717, 1.165) is 12.3 Å². The van der Waals surface area contributed by atoms with E-state index in [1.165, 1.54) is 32.1 Å². The molecule has 0 aromatic rings. The first-order valence-electron chi connectivity index (χ1n) is 5.83. The molecule has 0 spiro atoms. The molecule has 0 aliphatic heterocycles. The number of carbonyl (C=O) groups excluding carboxylic acids is 1. The van der Waals surface area contributed by atoms with Crippen molar-refractivity contribution in [3.8, 4) is 0 Å². The van der Waals surface area contributed by atoms with Gasteiger partial charge in [-0.2, -0.15) is 0 Å². The van der Waals surface area contributed by atoms with Crippen molar-refractivity contribution in [1.82, 2.24) is 0 Å². The topological polar surface area (TPSA) is 26.3 Å². The second kappa shape index (κ2) is 9.04. The molecule has 0 heterocycles. The number of unbranched alkanes of at least 4 members (excludes halogenated alkanes) is 1. The lowest BCUT2D eigenvalue weighted by Crippen LogP contribution is -2.09. The molecule has 0 rings (SSSR count). The standard InChI is InChI=1S/C12H24O2/c1-4-6-7-12(5-2)9-8-11(3)14-10-13/h10-12H,4-9H2,1-3H3/t11-,12+/m0/s1. The monoisotopic (exact) mass is 200 g/mol. The largest absolute Gasteiger partial charge is 0.465 e. The third-order valence-electron chi connectivity index (χ3n) is 2.81. The van der Waals surface area contributed by atoms with Crippen LogP contribution < -0.4 is 0 Å². The van der Waals surface area contributed by atoms with Crippen LogP contribution in [-0.4, -0.2) is 12.6 Å². The fourth-order valence-corrected chi connectivity index (χ4v) is 1.68. The lowest BCUT2D eigenvalue weighted by molar-refractivity contribution is -0.133. The molecule has 0 saturated carbocycles. The predicted molar refractivity (Wildman–Crippen MR) is 59.2 cm³/mol. The molecule has 0 saturated heterocycles. The van der Waals surface area contributed by atoms with Gasteiger partial charge in [0.05, 0.1) is 6.10 Å². The molecular formula is C12H24O2. The maximum absolute atomic E-state index is 10.1. The summed E-state index contributed by atoms with van der Waals surface area (Å²) in [5.74, 6) is 0.813. The predicted octanol–water partition coefficient (Wildman–Crippen LogP) is 3.54. The molecule has 0 N–H and O–H groups in total. The summed E-state index contributed by atoms with van der Waals surface area (Å²) in [6.45, 7) is 6.98. The summed E-state index contributed by atoms with van der Waals surface area (Å²) < 4.78 is 4.86. The van der Waals surface area contributed by atoms with Gasteiger partial charge in [0.25, 0.3) is 6.47 Å². The molecule has 0 fully saturated rings. The number of carbonyl (C=O) groups is 1. The normalized spacial score (nSPS) is 14.8. The summed E-state index contributed by atoms with van der Waals surface area (Å²) in [7, 11) is 0. The van der Waals surface area contributed by atoms with Crippen LogP contribution in [0.2, 0.25) is 0 Å². The quantitative estimate of drug-likeness (QED) is 0.532. The molecule has 0 aliphatic rings. The average molecular weight is 200 g/mol. The highest BCUT2D eigenvalue weighted by Crippen LogP contribution is 2.19. The summed E-state index contributed by atoms with van der Waals surface area (Å²) in [6.07, 6.45) is 7.43. The number of hydrogen-bond acceptors (Lipinski definition) is 2. The Bertz CT molecular complexity index is 134. The summed E-state index contributed by atoms with van der Waals surface area (Å²) >= 11 is 0. The minimum absolute atomic E-state index is 0.0863. The second-order valence-corrected chi connectivity index (χ2v) is 4.04. The molecule has 0 aromatic carbocycles. The first-order chi connectivity index (χ1) is 6.74. The maximum atomic E-state index is 10.1. The van der Waals surface area contributed by atoms with Gasteiger partial charge in [-0.15, -0.1) is 0 Å². The van der Waals surface area contributed by atoms with Crippen LogP contribution in [0.15, 0.2) is 0 Å². The SMILES string of the molecule is CCCC[C@@H](CC)CC[C@H](C)OC=O. The zero-order valence-corrected chi connectivity index (χ0v) is 9.79. The van der Waals surface area contributed by atoms with Crippen LogP contribution in [0.3, 0.4) is 0 Å². The van der Waals surface area contributed by atoms with Crippen molar-refractivity contribution in [3.05, 3.63) is 0 Å². The minimum atomic E-state index is 0.0863. The van der Waals surface area contributed by atoms with Gasteiger partial charge in [-0.25, -0.2) is 0 Å². The third kappa shape index (κ3) is 6.93. The average Bonchev–Trinajstić information content (AvgIpc) is 2.19. The molecule has 0 bridgehead atoms. The smallest absolute Gasteiger partial charge is 0.293 e. The second-order valence-electron chi connectivity index (χ2n) is 4.04. The highest BCUT2D eigenvalue weighted by atomic mass is 16.5. The van der Waals surface area contributed by atoms with E-state index in [1.807, 2.05) is 6.92 Å². The van der Waals surface area contributed by atoms with Gasteiger partial charge in [0.1, 0.15) is 0 Å². The molecule has 2 nitrogen and oxygen atoms in total. The van der Waals surface area contributed by atoms with Gasteiger partial charge < -0.3 is 4.74 Å². The third-order valence-corrected chi connectivity index (χ3v) is 2.81. The molecule has 2 heteroatoms. The zero-order chi connectivity index (χ0) is 10.8. The van der Waals surface area contributed by atoms with Crippen LogP contribution in [0, 0.1) is 5.92 Å². The molecule has 84 valence electrons. The van der Waals surface area contributed by atoms with Crippen LogP contribution >= 0.6 is 0 Å². The highest BCUT2D eigenvalue weighted by Gasteiger charge is 2.08. The summed E-state index contributed by atoms with van der Waals surface area (Å²) in [5, 5.41) is 0. The van der Waals surface area contributed by atoms with Gasteiger partial charge in [0.2, 0.25) is 0 Å². The van der Waals surface area contributed by atoms with Crippen molar-refractivity contribution in [1.29, 1.82) is 0 Å². The highest BCUT2D eigenvalue weighted by molar-refractivity contribution is 5.37. The molecule has 14 heavy (non-hydrogen) atoms. The van der Waals surface area contributed by atoms with E-state index in [0.29, 0.717) is 6.47 Å². The van der Waals surface area contributed by atoms with Gasteiger partial charge in [0, 0.05) is 0 Å². The number of ether oxygens (including phenoxy) is 1. The van der Waals surface area contributed by atoms with E-state index in [-0.39, 0.29) is 6.10 Å². The molecule has 0 radical (unpaired) electrons. The van der Waals surface area contributed by atoms with E-state index in [9.17, 15) is 4.79 Å². The van der Waals surface area contributed by atoms with Crippen molar-refractivity contribution >= 4 is 6.47 Å². The summed E-state index contributed by atoms with van der Waals surface area (Å²) in [5.41, 5.74) is 0. The Morgan fingerprint density at radius 3 is 2.43 bits per heavy atom. The lowest BCUT2D eigenvalue weighted by Gasteiger charge is -2.16. The van der Waals surface area contributed by atoms with Crippen LogP contribution in [-0.2, 0) is 9.53 Å². The number of hydrogen-bond donors (Lipinski definition) is 0. The van der Waals surface area contributed by atoms with Gasteiger partial charge in [-0.05, 0) is 25.7 Å². The Hall–Kier alpha value is -0.530. The summed E-state index contributed by atoms with van der Waals surface area (Å²) in [6, 6.07) is 0. The van der Waals surface area contributed by atoms with E-state index in [1.54, 1.807) is 0 Å². The van der Waals surface area contributed by atoms with E-state index in [4.69, 9.17) is 4.74 Å². The number of rotatable bonds is 9. The molecule has 0 aromatic heterocycles. The minimum Gasteiger partial charge on any atom is -0.465 e. The van der Waals surface area contributed by atoms with Gasteiger partial charge >= 0.3 is 0 Å². The molecule has 2 atom stereocenters. The molecule has 0 aliphatic carbocycles. The maximum Gasteiger partial charge on any atom is 0.293 e. The summed E-state index contributed by atoms with van der Waals surface area (Å²) in [4.78, 5) is 10.1. The first kappa shape index (κ1) is 13.5. The Morgan fingerprint density at radius 1 is 1.21 bits per heavy atom. The van der Waals surface area contributed by atoms with Gasteiger partial charge in [-0.1, -0.05) is 39.5 Å². The lowest BCUT2D eigenvalue weighted by atomic mass is 9.93. The Balaban J connectivity index is 3.54. The van der Waals surface area contributed by atoms with Crippen molar-refractivity contribution in [3.63, 3.8) is 0 Å². The first-order valence-corrected chi connectivity index (χ1v) is 5.83. The fourth-order valence-electron chi connectivity index (χ4n) is 1.68. The molecular weight excluding hydrogens is 176 g/mol. The van der Waals surface area contributed by atoms with E-state index >= 15 is 0 Å². The van der Waals surface area contributed by atoms with Crippen LogP contribution in [0.5, 0.6) is 0 Å². The Labute approximate surface area is 88.0 Å². The van der Waals surface area contributed by atoms with Gasteiger partial charge in [-0.3, -0.25) is 4.79 Å². The van der Waals surface area contributed by atoms with Gasteiger partial charge in [0.15, 0.2) is 0 Å². The van der Waals surface area contributed by atoms with Crippen molar-refractivity contribution in [2.24, 2.45) is 5.92 Å². The fraction of sp³-hybridized carbons (Fsp3) is 0.917. The van der Waals surface area contributed by atoms with Crippen molar-refractivity contribution in [2.75, 3.05) is 0 Å². The van der Waals surface area contributed by atoms with Crippen LogP contribution in [0.1, 0.15) is 59.3 Å². The van der Waals surface area contributed by atoms with Crippen molar-refractivity contribution in [2.45, 2.75) is 65.4 Å². The van der Waals surface area contributed by atoms with Crippen molar-refractivity contribution < 1.29 is 9.53 Å². The Morgan fingerprint density at radius 2 is 1.93 bits per heavy atom. The van der Waals surface area contributed by atoms with Crippen LogP contribution in [0.25, 0.3) is 0 Å². The van der Waals surface area contributed by atoms with Crippen LogP contribution in [0.4, 0.5) is 0 Å². The zero-order valence-electron chi connectivity index (χ0n) is 9.79. The molecule has 0 amide bonds. The van der Waals surface area contributed by atoms with E-state index < -0.39 is 0 Å².